The van der Waals surface area contributed by atoms with E-state index in [1.807, 2.05) is 6.26 Å². The van der Waals surface area contributed by atoms with Crippen molar-refractivity contribution in [2.45, 2.75) is 22.6 Å². The molecule has 0 fully saturated rings. The van der Waals surface area contributed by atoms with Crippen LogP contribution < -0.4 is 16.4 Å². The number of benzene rings is 2. The molecule has 5 rings (SSSR count). The number of sulfonamides is 1. The number of fused-ring (bicyclic) bond motifs is 2. The van der Waals surface area contributed by atoms with E-state index in [1.165, 1.54) is 27.1 Å². The molecule has 0 unspecified atom stereocenters. The Hall–Kier alpha value is -2.95. The topological polar surface area (TPSA) is 152 Å². The zero-order valence-corrected chi connectivity index (χ0v) is 23.6. The van der Waals surface area contributed by atoms with Crippen LogP contribution in [-0.4, -0.2) is 39.0 Å². The molecule has 0 aliphatic heterocycles. The predicted molar refractivity (Wildman–Crippen MR) is 148 cm³/mol. The molecule has 0 spiro atoms. The fourth-order valence-corrected chi connectivity index (χ4v) is 6.70. The molecule has 0 radical (unpaired) electrons. The third-order valence-electron chi connectivity index (χ3n) is 5.89. The largest absolute Gasteiger partial charge is 0.321 e. The third kappa shape index (κ3) is 5.29. The Morgan fingerprint density at radius 2 is 1.87 bits per heavy atom. The van der Waals surface area contributed by atoms with Gasteiger partial charge in [0.25, 0.3) is 5.56 Å². The predicted octanol–water partition coefficient (Wildman–Crippen LogP) is 3.41. The summed E-state index contributed by atoms with van der Waals surface area (Å²) in [5, 5.41) is 10.1. The van der Waals surface area contributed by atoms with Crippen LogP contribution in [0.4, 0.5) is 8.78 Å². The van der Waals surface area contributed by atoms with Crippen molar-refractivity contribution in [3.8, 4) is 5.69 Å². The summed E-state index contributed by atoms with van der Waals surface area (Å²) in [6.07, 6.45) is 1.76. The van der Waals surface area contributed by atoms with Gasteiger partial charge in [-0.05, 0) is 42.5 Å². The monoisotopic (exact) mass is 611 g/mol. The number of rotatable bonds is 7. The minimum absolute atomic E-state index is 0.0507. The lowest BCUT2D eigenvalue weighted by Crippen LogP contribution is -2.29. The third-order valence-corrected chi connectivity index (χ3v) is 8.90. The van der Waals surface area contributed by atoms with Crippen molar-refractivity contribution in [1.82, 2.24) is 24.3 Å². The highest BCUT2D eigenvalue weighted by molar-refractivity contribution is 8.00. The molecule has 4 N–H and O–H groups in total. The Morgan fingerprint density at radius 3 is 2.51 bits per heavy atom. The first-order chi connectivity index (χ1) is 18.4. The molecular formula is C23H20ClF2N7O3S3. The lowest BCUT2D eigenvalue weighted by molar-refractivity contribution is 0.572. The Bertz CT molecular complexity index is 1920. The van der Waals surface area contributed by atoms with Gasteiger partial charge in [-0.25, -0.2) is 32.3 Å². The Labute approximate surface area is 233 Å². The maximum absolute atomic E-state index is 13.9. The molecule has 0 aliphatic carbocycles. The molecule has 204 valence electrons. The summed E-state index contributed by atoms with van der Waals surface area (Å²) < 4.78 is 55.0. The summed E-state index contributed by atoms with van der Waals surface area (Å²) in [4.78, 5) is 23.0. The van der Waals surface area contributed by atoms with Gasteiger partial charge < -0.3 is 5.73 Å². The van der Waals surface area contributed by atoms with Gasteiger partial charge in [0, 0.05) is 18.5 Å². The van der Waals surface area contributed by atoms with Gasteiger partial charge in [0.15, 0.2) is 9.99 Å². The van der Waals surface area contributed by atoms with E-state index in [0.29, 0.717) is 15.2 Å². The van der Waals surface area contributed by atoms with Gasteiger partial charge in [-0.3, -0.25) is 14.0 Å². The number of aromatic nitrogens is 5. The molecule has 0 aliphatic rings. The molecule has 0 amide bonds. The molecular weight excluding hydrogens is 592 g/mol. The second-order valence-electron chi connectivity index (χ2n) is 8.70. The highest BCUT2D eigenvalue weighted by Crippen LogP contribution is 2.34. The number of hydrogen-bond donors (Lipinski definition) is 2. The van der Waals surface area contributed by atoms with E-state index in [-0.39, 0.29) is 44.6 Å². The quantitative estimate of drug-likeness (QED) is 0.266. The van der Waals surface area contributed by atoms with E-state index < -0.39 is 39.0 Å². The SMILES string of the molecule is CSc1nc2nc([C@@H](N)Cc3cc(F)cc(F)c3)n(-c3ccc(Cl)c4c(CS(N)(=O)=O)nn(C)c34)c(=O)c2s1. The van der Waals surface area contributed by atoms with E-state index >= 15 is 0 Å². The van der Waals surface area contributed by atoms with Crippen molar-refractivity contribution in [2.24, 2.45) is 17.9 Å². The number of primary sulfonamides is 1. The summed E-state index contributed by atoms with van der Waals surface area (Å²) in [5.74, 6) is -2.03. The molecule has 39 heavy (non-hydrogen) atoms. The smallest absolute Gasteiger partial charge is 0.277 e. The molecule has 16 heteroatoms. The van der Waals surface area contributed by atoms with Crippen molar-refractivity contribution in [2.75, 3.05) is 6.26 Å². The highest BCUT2D eigenvalue weighted by atomic mass is 35.5. The highest BCUT2D eigenvalue weighted by Gasteiger charge is 2.26. The summed E-state index contributed by atoms with van der Waals surface area (Å²) in [5.41, 5.74) is 7.21. The Morgan fingerprint density at radius 1 is 1.18 bits per heavy atom. The number of hydrogen-bond acceptors (Lipinski definition) is 9. The standard InChI is InChI=1S/C23H20ClF2N7O3S3/c1-32-18-16(4-3-13(24)17(18)15(31-32)9-39(28,35)36)33-21(14(27)7-10-5-11(25)8-12(26)6-10)29-20-19(22(33)34)38-23(30-20)37-2/h3-6,8,14H,7,9,27H2,1-2H3,(H2,28,35,36)/t14-/m0/s1. The normalized spacial score (nSPS) is 13.0. The van der Waals surface area contributed by atoms with Gasteiger partial charge in [0.2, 0.25) is 10.0 Å². The number of nitrogens with zero attached hydrogens (tertiary/aromatic N) is 5. The van der Waals surface area contributed by atoms with Crippen LogP contribution in [0.15, 0.2) is 39.5 Å². The van der Waals surface area contributed by atoms with Gasteiger partial charge >= 0.3 is 0 Å². The zero-order chi connectivity index (χ0) is 28.2. The average Bonchev–Trinajstić information content (AvgIpc) is 3.39. The van der Waals surface area contributed by atoms with Crippen molar-refractivity contribution in [3.63, 3.8) is 0 Å². The van der Waals surface area contributed by atoms with Crippen LogP contribution >= 0.6 is 34.7 Å². The molecule has 3 heterocycles. The molecule has 10 nitrogen and oxygen atoms in total. The Balaban J connectivity index is 1.80. The zero-order valence-electron chi connectivity index (χ0n) is 20.4. The maximum atomic E-state index is 13.9. The second-order valence-corrected chi connectivity index (χ2v) is 12.8. The van der Waals surface area contributed by atoms with Crippen LogP contribution in [0.3, 0.4) is 0 Å². The van der Waals surface area contributed by atoms with E-state index in [2.05, 4.69) is 15.1 Å². The molecule has 5 aromatic rings. The van der Waals surface area contributed by atoms with Gasteiger partial charge in [0.05, 0.1) is 28.0 Å². The number of aryl methyl sites for hydroxylation is 1. The molecule has 1 atom stereocenters. The van der Waals surface area contributed by atoms with E-state index in [0.717, 1.165) is 29.5 Å². The molecule has 3 aromatic heterocycles. The number of nitrogens with two attached hydrogens (primary N) is 2. The number of thiazole rings is 1. The summed E-state index contributed by atoms with van der Waals surface area (Å²) in [6.45, 7) is 0. The minimum Gasteiger partial charge on any atom is -0.321 e. The first-order valence-electron chi connectivity index (χ1n) is 11.2. The fraction of sp³-hybridized carbons (Fsp3) is 0.217. The minimum atomic E-state index is -3.96. The fourth-order valence-electron chi connectivity index (χ4n) is 4.43. The number of thioether (sulfide) groups is 1. The van der Waals surface area contributed by atoms with Crippen molar-refractivity contribution in [3.05, 3.63) is 74.4 Å². The van der Waals surface area contributed by atoms with Crippen molar-refractivity contribution in [1.29, 1.82) is 0 Å². The van der Waals surface area contributed by atoms with Crippen LogP contribution in [0.25, 0.3) is 26.9 Å². The molecule has 0 saturated heterocycles. The van der Waals surface area contributed by atoms with Crippen molar-refractivity contribution >= 4 is 66.0 Å². The van der Waals surface area contributed by atoms with Crippen LogP contribution in [0.1, 0.15) is 23.1 Å². The average molecular weight is 612 g/mol. The van der Waals surface area contributed by atoms with E-state index in [9.17, 15) is 22.0 Å². The lowest BCUT2D eigenvalue weighted by atomic mass is 10.0. The summed E-state index contributed by atoms with van der Waals surface area (Å²) in [6, 6.07) is 5.13. The molecule has 0 saturated carbocycles. The maximum Gasteiger partial charge on any atom is 0.277 e. The Kier molecular flexibility index (Phi) is 7.24. The van der Waals surface area contributed by atoms with Gasteiger partial charge in [-0.1, -0.05) is 23.4 Å². The second kappa shape index (κ2) is 10.2. The summed E-state index contributed by atoms with van der Waals surface area (Å²) in [7, 11) is -2.39. The summed E-state index contributed by atoms with van der Waals surface area (Å²) >= 11 is 8.97. The van der Waals surface area contributed by atoms with E-state index in [4.69, 9.17) is 22.5 Å². The first-order valence-corrected chi connectivity index (χ1v) is 15.3. The van der Waals surface area contributed by atoms with Gasteiger partial charge in [-0.15, -0.1) is 11.3 Å². The lowest BCUT2D eigenvalue weighted by Gasteiger charge is -2.19. The van der Waals surface area contributed by atoms with E-state index in [1.54, 1.807) is 13.1 Å². The van der Waals surface area contributed by atoms with Crippen LogP contribution in [0.5, 0.6) is 0 Å². The number of halogens is 3. The van der Waals surface area contributed by atoms with Crippen molar-refractivity contribution < 1.29 is 17.2 Å². The van der Waals surface area contributed by atoms with Crippen LogP contribution in [0, 0.1) is 11.6 Å². The first kappa shape index (κ1) is 27.6. The van der Waals surface area contributed by atoms with Crippen LogP contribution in [0.2, 0.25) is 5.02 Å². The molecule has 2 aromatic carbocycles. The van der Waals surface area contributed by atoms with Crippen LogP contribution in [-0.2, 0) is 29.2 Å². The molecule has 0 bridgehead atoms. The van der Waals surface area contributed by atoms with Gasteiger partial charge in [-0.2, -0.15) is 5.10 Å². The van der Waals surface area contributed by atoms with Gasteiger partial charge in [0.1, 0.15) is 27.9 Å².